The third-order valence-corrected chi connectivity index (χ3v) is 3.07. The second-order valence-electron chi connectivity index (χ2n) is 3.41. The molecule has 2 aromatic rings. The lowest BCUT2D eigenvalue weighted by molar-refractivity contribution is 0.0987. The van der Waals surface area contributed by atoms with Crippen molar-refractivity contribution in [1.29, 1.82) is 0 Å². The molecule has 1 aromatic carbocycles. The predicted octanol–water partition coefficient (Wildman–Crippen LogP) is 3.43. The van der Waals surface area contributed by atoms with E-state index >= 15 is 0 Å². The number of benzene rings is 1. The van der Waals surface area contributed by atoms with Crippen molar-refractivity contribution in [3.63, 3.8) is 0 Å². The van der Waals surface area contributed by atoms with Crippen LogP contribution in [0.4, 0.5) is 0 Å². The van der Waals surface area contributed by atoms with Gasteiger partial charge in [0.1, 0.15) is 5.76 Å². The zero-order valence-electron chi connectivity index (χ0n) is 8.97. The highest BCUT2D eigenvalue weighted by Gasteiger charge is 2.08. The fourth-order valence-electron chi connectivity index (χ4n) is 1.45. The maximum Gasteiger partial charge on any atom is 0.170 e. The van der Waals surface area contributed by atoms with Crippen LogP contribution in [0.1, 0.15) is 16.1 Å². The van der Waals surface area contributed by atoms with Crippen LogP contribution in [0.15, 0.2) is 52.0 Å². The molecule has 82 valence electrons. The predicted molar refractivity (Wildman–Crippen MR) is 65.0 cm³/mol. The van der Waals surface area contributed by atoms with Crippen LogP contribution in [0.5, 0.6) is 0 Å². The van der Waals surface area contributed by atoms with Crippen LogP contribution >= 0.6 is 11.8 Å². The summed E-state index contributed by atoms with van der Waals surface area (Å²) in [6, 6.07) is 11.2. The number of furan rings is 1. The summed E-state index contributed by atoms with van der Waals surface area (Å²) in [5.41, 5.74) is 0.731. The Hall–Kier alpha value is -1.48. The topological polar surface area (TPSA) is 30.2 Å². The first-order valence-corrected chi connectivity index (χ1v) is 6.21. The molecule has 1 heterocycles. The van der Waals surface area contributed by atoms with Crippen LogP contribution in [-0.2, 0) is 6.42 Å². The zero-order valence-corrected chi connectivity index (χ0v) is 9.79. The number of hydrogen-bond acceptors (Lipinski definition) is 3. The summed E-state index contributed by atoms with van der Waals surface area (Å²) in [6.45, 7) is 0. The van der Waals surface area contributed by atoms with Gasteiger partial charge in [-0.1, -0.05) is 12.1 Å². The van der Waals surface area contributed by atoms with Crippen LogP contribution in [0.25, 0.3) is 0 Å². The Kier molecular flexibility index (Phi) is 3.47. The molecule has 0 aliphatic carbocycles. The average Bonchev–Trinajstić information content (AvgIpc) is 2.82. The highest BCUT2D eigenvalue weighted by molar-refractivity contribution is 7.98. The molecule has 0 aliphatic heterocycles. The molecule has 0 atom stereocenters. The Morgan fingerprint density at radius 1 is 1.25 bits per heavy atom. The highest BCUT2D eigenvalue weighted by atomic mass is 32.2. The standard InChI is InChI=1S/C13H12O2S/c1-16-12-6-4-10(5-7-12)13(14)9-11-3-2-8-15-11/h2-8H,9H2,1H3. The fraction of sp³-hybridized carbons (Fsp3) is 0.154. The number of carbonyl (C=O) groups is 1. The van der Waals surface area contributed by atoms with E-state index in [0.717, 1.165) is 10.5 Å². The van der Waals surface area contributed by atoms with E-state index in [4.69, 9.17) is 4.42 Å². The maximum absolute atomic E-state index is 11.8. The molecule has 0 radical (unpaired) electrons. The lowest BCUT2D eigenvalue weighted by Crippen LogP contribution is -2.02. The molecule has 0 spiro atoms. The van der Waals surface area contributed by atoms with Gasteiger partial charge in [0.05, 0.1) is 12.7 Å². The van der Waals surface area contributed by atoms with Gasteiger partial charge in [-0.3, -0.25) is 4.79 Å². The summed E-state index contributed by atoms with van der Waals surface area (Å²) in [7, 11) is 0. The third kappa shape index (κ3) is 2.55. The normalized spacial score (nSPS) is 10.3. The first-order valence-electron chi connectivity index (χ1n) is 4.99. The Morgan fingerprint density at radius 3 is 2.56 bits per heavy atom. The zero-order chi connectivity index (χ0) is 11.4. The van der Waals surface area contributed by atoms with Crippen molar-refractivity contribution in [3.8, 4) is 0 Å². The van der Waals surface area contributed by atoms with Crippen LogP contribution < -0.4 is 0 Å². The minimum Gasteiger partial charge on any atom is -0.469 e. The number of rotatable bonds is 4. The smallest absolute Gasteiger partial charge is 0.170 e. The van der Waals surface area contributed by atoms with Crippen LogP contribution in [0, 0.1) is 0 Å². The van der Waals surface area contributed by atoms with E-state index in [2.05, 4.69) is 0 Å². The molecule has 0 bridgehead atoms. The van der Waals surface area contributed by atoms with Crippen LogP contribution in [0.3, 0.4) is 0 Å². The molecule has 3 heteroatoms. The monoisotopic (exact) mass is 232 g/mol. The maximum atomic E-state index is 11.8. The van der Waals surface area contributed by atoms with Gasteiger partial charge < -0.3 is 4.42 Å². The molecular formula is C13H12O2S. The van der Waals surface area contributed by atoms with E-state index in [-0.39, 0.29) is 5.78 Å². The van der Waals surface area contributed by atoms with Crippen molar-refractivity contribution < 1.29 is 9.21 Å². The SMILES string of the molecule is CSc1ccc(C(=O)Cc2ccco2)cc1. The van der Waals surface area contributed by atoms with Crippen molar-refractivity contribution >= 4 is 17.5 Å². The lowest BCUT2D eigenvalue weighted by Gasteiger charge is -2.00. The van der Waals surface area contributed by atoms with Gasteiger partial charge in [0.15, 0.2) is 5.78 Å². The van der Waals surface area contributed by atoms with Crippen molar-refractivity contribution in [2.45, 2.75) is 11.3 Å². The van der Waals surface area contributed by atoms with Gasteiger partial charge in [-0.2, -0.15) is 0 Å². The van der Waals surface area contributed by atoms with E-state index in [0.29, 0.717) is 12.2 Å². The van der Waals surface area contributed by atoms with Crippen molar-refractivity contribution in [2.75, 3.05) is 6.26 Å². The largest absolute Gasteiger partial charge is 0.469 e. The van der Waals surface area contributed by atoms with Gasteiger partial charge in [-0.15, -0.1) is 11.8 Å². The summed E-state index contributed by atoms with van der Waals surface area (Å²) in [5.74, 6) is 0.793. The van der Waals surface area contributed by atoms with Gasteiger partial charge in [0.25, 0.3) is 0 Å². The molecule has 1 aromatic heterocycles. The summed E-state index contributed by atoms with van der Waals surface area (Å²) in [5, 5.41) is 0. The molecule has 0 aliphatic rings. The Morgan fingerprint density at radius 2 is 2.00 bits per heavy atom. The second kappa shape index (κ2) is 5.03. The summed E-state index contributed by atoms with van der Waals surface area (Å²) >= 11 is 1.66. The minimum atomic E-state index is 0.0857. The van der Waals surface area contributed by atoms with Crippen LogP contribution in [0.2, 0.25) is 0 Å². The van der Waals surface area contributed by atoms with E-state index in [1.54, 1.807) is 24.1 Å². The first-order chi connectivity index (χ1) is 7.79. The molecular weight excluding hydrogens is 220 g/mol. The number of thioether (sulfide) groups is 1. The summed E-state index contributed by atoms with van der Waals surface area (Å²) in [4.78, 5) is 13.0. The molecule has 0 unspecified atom stereocenters. The first kappa shape index (κ1) is 11.0. The molecule has 0 saturated carbocycles. The number of hydrogen-bond donors (Lipinski definition) is 0. The number of carbonyl (C=O) groups excluding carboxylic acids is 1. The van der Waals surface area contributed by atoms with Gasteiger partial charge in [0.2, 0.25) is 0 Å². The lowest BCUT2D eigenvalue weighted by atomic mass is 10.1. The fourth-order valence-corrected chi connectivity index (χ4v) is 1.86. The second-order valence-corrected chi connectivity index (χ2v) is 4.29. The van der Waals surface area contributed by atoms with Gasteiger partial charge in [-0.25, -0.2) is 0 Å². The Labute approximate surface area is 98.7 Å². The molecule has 16 heavy (non-hydrogen) atoms. The highest BCUT2D eigenvalue weighted by Crippen LogP contribution is 2.16. The van der Waals surface area contributed by atoms with Crippen molar-refractivity contribution in [2.24, 2.45) is 0 Å². The molecule has 0 fully saturated rings. The van der Waals surface area contributed by atoms with Crippen molar-refractivity contribution in [3.05, 3.63) is 54.0 Å². The van der Waals surface area contributed by atoms with Gasteiger partial charge >= 0.3 is 0 Å². The number of Topliss-reactive ketones (excluding diaryl/α,β-unsaturated/α-hetero) is 1. The van der Waals surface area contributed by atoms with Gasteiger partial charge in [0, 0.05) is 10.5 Å². The summed E-state index contributed by atoms with van der Waals surface area (Å²) < 4.78 is 5.15. The Bertz CT molecular complexity index is 457. The van der Waals surface area contributed by atoms with E-state index in [1.165, 1.54) is 0 Å². The number of ketones is 1. The van der Waals surface area contributed by atoms with E-state index in [1.807, 2.05) is 36.6 Å². The quantitative estimate of drug-likeness (QED) is 0.597. The van der Waals surface area contributed by atoms with Crippen LogP contribution in [-0.4, -0.2) is 12.0 Å². The summed E-state index contributed by atoms with van der Waals surface area (Å²) in [6.07, 6.45) is 3.92. The van der Waals surface area contributed by atoms with E-state index < -0.39 is 0 Å². The molecule has 0 N–H and O–H groups in total. The Balaban J connectivity index is 2.09. The van der Waals surface area contributed by atoms with Gasteiger partial charge in [-0.05, 0) is 30.5 Å². The minimum absolute atomic E-state index is 0.0857. The molecule has 0 saturated heterocycles. The molecule has 0 amide bonds. The van der Waals surface area contributed by atoms with Crippen molar-refractivity contribution in [1.82, 2.24) is 0 Å². The third-order valence-electron chi connectivity index (χ3n) is 2.33. The van der Waals surface area contributed by atoms with E-state index in [9.17, 15) is 4.79 Å². The molecule has 2 nitrogen and oxygen atoms in total. The average molecular weight is 232 g/mol. The molecule has 2 rings (SSSR count).